The summed E-state index contributed by atoms with van der Waals surface area (Å²) >= 11 is 0. The van der Waals surface area contributed by atoms with E-state index in [4.69, 9.17) is 0 Å². The fraction of sp³-hybridized carbons (Fsp3) is 0.933. The molecule has 2 N–H and O–H groups in total. The van der Waals surface area contributed by atoms with Gasteiger partial charge in [0.05, 0.1) is 0 Å². The summed E-state index contributed by atoms with van der Waals surface area (Å²) in [7, 11) is 0. The number of nitrogens with zero attached hydrogens (tertiary/aromatic N) is 1. The van der Waals surface area contributed by atoms with Gasteiger partial charge in [0.15, 0.2) is 0 Å². The third kappa shape index (κ3) is 4.10. The van der Waals surface area contributed by atoms with E-state index >= 15 is 0 Å². The van der Waals surface area contributed by atoms with Crippen molar-refractivity contribution in [3.8, 4) is 0 Å². The van der Waals surface area contributed by atoms with Crippen LogP contribution in [0.25, 0.3) is 0 Å². The summed E-state index contributed by atoms with van der Waals surface area (Å²) in [5.41, 5.74) is 0.439. The van der Waals surface area contributed by atoms with E-state index in [0.29, 0.717) is 18.0 Å². The molecular formula is C15H28N2O2. The second kappa shape index (κ2) is 6.12. The lowest BCUT2D eigenvalue weighted by molar-refractivity contribution is 0.123. The first-order chi connectivity index (χ1) is 9.00. The zero-order valence-corrected chi connectivity index (χ0v) is 12.3. The quantitative estimate of drug-likeness (QED) is 0.808. The van der Waals surface area contributed by atoms with Gasteiger partial charge in [-0.1, -0.05) is 13.8 Å². The molecule has 1 heterocycles. The average Bonchev–Trinajstić information content (AvgIpc) is 2.41. The highest BCUT2D eigenvalue weighted by atomic mass is 16.3. The Bertz CT molecular complexity index is 307. The van der Waals surface area contributed by atoms with Gasteiger partial charge in [0, 0.05) is 25.7 Å². The maximum atomic E-state index is 12.2. The molecule has 2 rings (SSSR count). The molecule has 1 aliphatic heterocycles. The Labute approximate surface area is 116 Å². The standard InChI is InChI=1S/C15H28N2O2/c1-15(2)7-5-13(6-8-15)16-14(19)17-9-3-4-12(10-17)11-18/h12-13,18H,3-11H2,1-2H3,(H,16,19). The summed E-state index contributed by atoms with van der Waals surface area (Å²) in [6, 6.07) is 0.415. The number of carbonyl (C=O) groups is 1. The summed E-state index contributed by atoms with van der Waals surface area (Å²) < 4.78 is 0. The molecule has 1 unspecified atom stereocenters. The first kappa shape index (κ1) is 14.6. The number of carbonyl (C=O) groups excluding carboxylic acids is 1. The van der Waals surface area contributed by atoms with E-state index in [1.54, 1.807) is 0 Å². The fourth-order valence-corrected chi connectivity index (χ4v) is 3.21. The summed E-state index contributed by atoms with van der Waals surface area (Å²) in [4.78, 5) is 14.1. The van der Waals surface area contributed by atoms with Crippen molar-refractivity contribution in [1.29, 1.82) is 0 Å². The van der Waals surface area contributed by atoms with E-state index in [-0.39, 0.29) is 18.6 Å². The minimum atomic E-state index is 0.0721. The van der Waals surface area contributed by atoms with Crippen molar-refractivity contribution in [3.05, 3.63) is 0 Å². The third-order valence-electron chi connectivity index (χ3n) is 4.73. The summed E-state index contributed by atoms with van der Waals surface area (Å²) in [6.45, 7) is 6.35. The molecule has 1 saturated carbocycles. The van der Waals surface area contributed by atoms with E-state index < -0.39 is 0 Å². The van der Waals surface area contributed by atoms with E-state index in [1.807, 2.05) is 4.90 Å². The van der Waals surface area contributed by atoms with Gasteiger partial charge in [-0.05, 0) is 49.9 Å². The van der Waals surface area contributed by atoms with Gasteiger partial charge in [-0.15, -0.1) is 0 Å². The van der Waals surface area contributed by atoms with Crippen molar-refractivity contribution >= 4 is 6.03 Å². The van der Waals surface area contributed by atoms with Crippen molar-refractivity contribution in [2.75, 3.05) is 19.7 Å². The molecule has 0 aromatic rings. The Kier molecular flexibility index (Phi) is 4.71. The molecule has 0 radical (unpaired) electrons. The maximum absolute atomic E-state index is 12.2. The number of urea groups is 1. The first-order valence-corrected chi connectivity index (χ1v) is 7.66. The van der Waals surface area contributed by atoms with Crippen molar-refractivity contribution in [2.45, 2.75) is 58.4 Å². The minimum Gasteiger partial charge on any atom is -0.396 e. The van der Waals surface area contributed by atoms with Gasteiger partial charge in [0.1, 0.15) is 0 Å². The molecule has 19 heavy (non-hydrogen) atoms. The van der Waals surface area contributed by atoms with Crippen molar-refractivity contribution < 1.29 is 9.90 Å². The number of likely N-dealkylation sites (tertiary alicyclic amines) is 1. The molecule has 0 aromatic heterocycles. The molecule has 4 nitrogen and oxygen atoms in total. The number of aliphatic hydroxyl groups excluding tert-OH is 1. The van der Waals surface area contributed by atoms with Crippen LogP contribution in [0.15, 0.2) is 0 Å². The first-order valence-electron chi connectivity index (χ1n) is 7.66. The summed E-state index contributed by atoms with van der Waals surface area (Å²) in [5.74, 6) is 0.268. The van der Waals surface area contributed by atoms with Crippen LogP contribution in [0.5, 0.6) is 0 Å². The van der Waals surface area contributed by atoms with Crippen LogP contribution in [0, 0.1) is 11.3 Å². The Morgan fingerprint density at radius 1 is 1.32 bits per heavy atom. The third-order valence-corrected chi connectivity index (χ3v) is 4.73. The number of hydrogen-bond acceptors (Lipinski definition) is 2. The largest absolute Gasteiger partial charge is 0.396 e. The van der Waals surface area contributed by atoms with Crippen LogP contribution in [0.1, 0.15) is 52.4 Å². The molecule has 0 bridgehead atoms. The van der Waals surface area contributed by atoms with Crippen LogP contribution in [0.3, 0.4) is 0 Å². The molecule has 2 amide bonds. The van der Waals surface area contributed by atoms with E-state index in [2.05, 4.69) is 19.2 Å². The molecule has 1 atom stereocenters. The fourth-order valence-electron chi connectivity index (χ4n) is 3.21. The van der Waals surface area contributed by atoms with Gasteiger partial charge in [-0.25, -0.2) is 4.79 Å². The van der Waals surface area contributed by atoms with Gasteiger partial charge in [-0.2, -0.15) is 0 Å². The molecular weight excluding hydrogens is 240 g/mol. The normalized spacial score (nSPS) is 28.2. The van der Waals surface area contributed by atoms with Crippen LogP contribution < -0.4 is 5.32 Å². The molecule has 2 aliphatic rings. The lowest BCUT2D eigenvalue weighted by Crippen LogP contribution is -2.50. The van der Waals surface area contributed by atoms with Gasteiger partial charge in [0.25, 0.3) is 0 Å². The van der Waals surface area contributed by atoms with Crippen molar-refractivity contribution in [3.63, 3.8) is 0 Å². The van der Waals surface area contributed by atoms with Crippen LogP contribution >= 0.6 is 0 Å². The summed E-state index contributed by atoms with van der Waals surface area (Å²) in [5, 5.41) is 12.4. The zero-order valence-electron chi connectivity index (χ0n) is 12.3. The topological polar surface area (TPSA) is 52.6 Å². The van der Waals surface area contributed by atoms with Crippen molar-refractivity contribution in [1.82, 2.24) is 10.2 Å². The second-order valence-electron chi connectivity index (χ2n) is 7.02. The highest BCUT2D eigenvalue weighted by molar-refractivity contribution is 5.74. The van der Waals surface area contributed by atoms with Crippen LogP contribution in [0.2, 0.25) is 0 Å². The SMILES string of the molecule is CC1(C)CCC(NC(=O)N2CCCC(CO)C2)CC1. The minimum absolute atomic E-state index is 0.0721. The van der Waals surface area contributed by atoms with E-state index in [1.165, 1.54) is 12.8 Å². The highest BCUT2D eigenvalue weighted by Gasteiger charge is 2.29. The number of hydrogen-bond donors (Lipinski definition) is 2. The average molecular weight is 268 g/mol. The highest BCUT2D eigenvalue weighted by Crippen LogP contribution is 2.35. The molecule has 0 spiro atoms. The van der Waals surface area contributed by atoms with E-state index in [9.17, 15) is 9.90 Å². The smallest absolute Gasteiger partial charge is 0.317 e. The summed E-state index contributed by atoms with van der Waals surface area (Å²) in [6.07, 6.45) is 6.62. The van der Waals surface area contributed by atoms with Crippen molar-refractivity contribution in [2.24, 2.45) is 11.3 Å². The van der Waals surface area contributed by atoms with E-state index in [0.717, 1.165) is 32.2 Å². The Morgan fingerprint density at radius 3 is 2.63 bits per heavy atom. The molecule has 110 valence electrons. The predicted octanol–water partition coefficient (Wildman–Crippen LogP) is 2.37. The second-order valence-corrected chi connectivity index (χ2v) is 7.02. The van der Waals surface area contributed by atoms with Gasteiger partial charge >= 0.3 is 6.03 Å². The number of nitrogens with one attached hydrogen (secondary N) is 1. The van der Waals surface area contributed by atoms with Crippen LogP contribution in [-0.4, -0.2) is 41.8 Å². The molecule has 1 aliphatic carbocycles. The Hall–Kier alpha value is -0.770. The van der Waals surface area contributed by atoms with Crippen LogP contribution in [-0.2, 0) is 0 Å². The van der Waals surface area contributed by atoms with Gasteiger partial charge in [0.2, 0.25) is 0 Å². The number of amides is 2. The predicted molar refractivity (Wildman–Crippen MR) is 76.0 cm³/mol. The van der Waals surface area contributed by atoms with Gasteiger partial charge in [-0.3, -0.25) is 0 Å². The lowest BCUT2D eigenvalue weighted by Gasteiger charge is -2.37. The maximum Gasteiger partial charge on any atom is 0.317 e. The monoisotopic (exact) mass is 268 g/mol. The number of aliphatic hydroxyl groups is 1. The van der Waals surface area contributed by atoms with Gasteiger partial charge < -0.3 is 15.3 Å². The Morgan fingerprint density at radius 2 is 2.00 bits per heavy atom. The molecule has 4 heteroatoms. The molecule has 2 fully saturated rings. The zero-order chi connectivity index (χ0) is 13.9. The molecule has 0 aromatic carbocycles. The number of piperidine rings is 1. The Balaban J connectivity index is 1.78. The number of rotatable bonds is 2. The lowest BCUT2D eigenvalue weighted by atomic mass is 9.75. The molecule has 1 saturated heterocycles. The van der Waals surface area contributed by atoms with Crippen LogP contribution in [0.4, 0.5) is 4.79 Å².